The molecule has 0 aliphatic carbocycles. The summed E-state index contributed by atoms with van der Waals surface area (Å²) in [5.41, 5.74) is -0.139. The van der Waals surface area contributed by atoms with Gasteiger partial charge in [-0.2, -0.15) is 0 Å². The van der Waals surface area contributed by atoms with Gasteiger partial charge in [0.1, 0.15) is 0 Å². The van der Waals surface area contributed by atoms with E-state index in [1.165, 1.54) is 0 Å². The Hall–Kier alpha value is -1.06. The molecule has 1 atom stereocenters. The molecule has 0 aromatic carbocycles. The number of carbonyl (C=O) groups is 2. The SMILES string of the molecule is CCC(C)(CCC(C)(C)NC(=O)C(C)C)CNC(C)=O. The molecule has 0 aromatic rings. The van der Waals surface area contributed by atoms with Crippen molar-refractivity contribution in [2.75, 3.05) is 6.54 Å². The van der Waals surface area contributed by atoms with Gasteiger partial charge < -0.3 is 10.6 Å². The molecule has 0 bridgehead atoms. The molecule has 2 N–H and O–H groups in total. The van der Waals surface area contributed by atoms with Crippen LogP contribution in [0.5, 0.6) is 0 Å². The molecule has 0 aliphatic heterocycles. The maximum Gasteiger partial charge on any atom is 0.222 e. The third-order valence-electron chi connectivity index (χ3n) is 3.96. The molecular formula is C16H32N2O2. The predicted octanol–water partition coefficient (Wildman–Crippen LogP) is 2.87. The van der Waals surface area contributed by atoms with Crippen molar-refractivity contribution in [1.29, 1.82) is 0 Å². The van der Waals surface area contributed by atoms with Gasteiger partial charge >= 0.3 is 0 Å². The van der Waals surface area contributed by atoms with Crippen LogP contribution in [0.3, 0.4) is 0 Å². The van der Waals surface area contributed by atoms with E-state index in [1.807, 2.05) is 13.8 Å². The van der Waals surface area contributed by atoms with Crippen molar-refractivity contribution < 1.29 is 9.59 Å². The number of hydrogen-bond donors (Lipinski definition) is 2. The van der Waals surface area contributed by atoms with Crippen molar-refractivity contribution in [2.24, 2.45) is 11.3 Å². The van der Waals surface area contributed by atoms with Gasteiger partial charge in [0.05, 0.1) is 0 Å². The second kappa shape index (κ2) is 7.65. The fourth-order valence-corrected chi connectivity index (χ4v) is 1.88. The van der Waals surface area contributed by atoms with Crippen LogP contribution in [0.25, 0.3) is 0 Å². The van der Waals surface area contributed by atoms with Crippen LogP contribution in [0.15, 0.2) is 0 Å². The summed E-state index contributed by atoms with van der Waals surface area (Å²) in [5.74, 6) is 0.110. The molecule has 1 unspecified atom stereocenters. The molecule has 4 nitrogen and oxygen atoms in total. The lowest BCUT2D eigenvalue weighted by Crippen LogP contribution is -2.46. The van der Waals surface area contributed by atoms with E-state index in [9.17, 15) is 9.59 Å². The quantitative estimate of drug-likeness (QED) is 0.720. The van der Waals surface area contributed by atoms with E-state index in [4.69, 9.17) is 0 Å². The Balaban J connectivity index is 4.46. The molecule has 0 heterocycles. The highest BCUT2D eigenvalue weighted by Gasteiger charge is 2.28. The Bertz CT molecular complexity index is 337. The second-order valence-electron chi connectivity index (χ2n) is 7.10. The van der Waals surface area contributed by atoms with Crippen LogP contribution < -0.4 is 10.6 Å². The van der Waals surface area contributed by atoms with E-state index in [0.29, 0.717) is 6.54 Å². The average molecular weight is 284 g/mol. The van der Waals surface area contributed by atoms with Gasteiger partial charge in [-0.3, -0.25) is 9.59 Å². The van der Waals surface area contributed by atoms with Crippen LogP contribution in [0.1, 0.15) is 67.7 Å². The molecule has 4 heteroatoms. The Morgan fingerprint density at radius 2 is 1.65 bits per heavy atom. The molecule has 0 aliphatic rings. The first-order chi connectivity index (χ1) is 9.01. The smallest absolute Gasteiger partial charge is 0.222 e. The standard InChI is InChI=1S/C16H32N2O2/c1-8-16(7,11-17-13(4)19)10-9-15(5,6)18-14(20)12(2)3/h12H,8-11H2,1-7H3,(H,17,19)(H,18,20). The van der Waals surface area contributed by atoms with E-state index in [-0.39, 0.29) is 28.7 Å². The van der Waals surface area contributed by atoms with Crippen molar-refractivity contribution in [3.8, 4) is 0 Å². The first kappa shape index (κ1) is 18.9. The zero-order valence-electron chi connectivity index (χ0n) is 14.2. The minimum absolute atomic E-state index is 0.00575. The Morgan fingerprint density at radius 3 is 2.05 bits per heavy atom. The summed E-state index contributed by atoms with van der Waals surface area (Å²) in [5, 5.41) is 6.00. The number of nitrogens with one attached hydrogen (secondary N) is 2. The summed E-state index contributed by atoms with van der Waals surface area (Å²) in [7, 11) is 0. The monoisotopic (exact) mass is 284 g/mol. The van der Waals surface area contributed by atoms with Crippen molar-refractivity contribution in [3.63, 3.8) is 0 Å². The fraction of sp³-hybridized carbons (Fsp3) is 0.875. The highest BCUT2D eigenvalue weighted by molar-refractivity contribution is 5.78. The lowest BCUT2D eigenvalue weighted by atomic mass is 9.79. The largest absolute Gasteiger partial charge is 0.356 e. The molecule has 0 rings (SSSR count). The predicted molar refractivity (Wildman–Crippen MR) is 83.4 cm³/mol. The normalized spacial score (nSPS) is 14.8. The minimum atomic E-state index is -0.214. The highest BCUT2D eigenvalue weighted by Crippen LogP contribution is 2.29. The zero-order chi connectivity index (χ0) is 16.0. The van der Waals surface area contributed by atoms with Crippen LogP contribution in [-0.4, -0.2) is 23.9 Å². The number of amides is 2. The molecular weight excluding hydrogens is 252 g/mol. The number of rotatable bonds is 8. The molecule has 0 fully saturated rings. The van der Waals surface area contributed by atoms with E-state index in [2.05, 4.69) is 38.3 Å². The van der Waals surface area contributed by atoms with Gasteiger partial charge in [-0.05, 0) is 38.5 Å². The molecule has 118 valence electrons. The maximum atomic E-state index is 11.8. The van der Waals surface area contributed by atoms with Crippen LogP contribution in [0.2, 0.25) is 0 Å². The van der Waals surface area contributed by atoms with Crippen molar-refractivity contribution >= 4 is 11.8 Å². The van der Waals surface area contributed by atoms with Gasteiger partial charge in [-0.15, -0.1) is 0 Å². The van der Waals surface area contributed by atoms with E-state index in [1.54, 1.807) is 6.92 Å². The van der Waals surface area contributed by atoms with Crippen molar-refractivity contribution in [3.05, 3.63) is 0 Å². The molecule has 0 saturated carbocycles. The Kier molecular flexibility index (Phi) is 7.25. The Morgan fingerprint density at radius 1 is 1.10 bits per heavy atom. The van der Waals surface area contributed by atoms with Crippen LogP contribution >= 0.6 is 0 Å². The molecule has 20 heavy (non-hydrogen) atoms. The summed E-state index contributed by atoms with van der Waals surface area (Å²) in [4.78, 5) is 22.9. The lowest BCUT2D eigenvalue weighted by molar-refractivity contribution is -0.125. The molecule has 0 saturated heterocycles. The Labute approximate surface area is 124 Å². The van der Waals surface area contributed by atoms with Gasteiger partial charge in [0, 0.05) is 24.9 Å². The molecule has 2 amide bonds. The van der Waals surface area contributed by atoms with Gasteiger partial charge in [0.2, 0.25) is 11.8 Å². The summed E-state index contributed by atoms with van der Waals surface area (Å²) >= 11 is 0. The molecule has 0 radical (unpaired) electrons. The van der Waals surface area contributed by atoms with E-state index in [0.717, 1.165) is 19.3 Å². The third kappa shape index (κ3) is 7.51. The maximum absolute atomic E-state index is 11.8. The highest BCUT2D eigenvalue weighted by atomic mass is 16.2. The van der Waals surface area contributed by atoms with Gasteiger partial charge in [0.15, 0.2) is 0 Å². The van der Waals surface area contributed by atoms with Gasteiger partial charge in [0.25, 0.3) is 0 Å². The van der Waals surface area contributed by atoms with Crippen molar-refractivity contribution in [2.45, 2.75) is 73.3 Å². The summed E-state index contributed by atoms with van der Waals surface area (Å²) < 4.78 is 0. The summed E-state index contributed by atoms with van der Waals surface area (Å²) in [6.07, 6.45) is 2.87. The summed E-state index contributed by atoms with van der Waals surface area (Å²) in [6, 6.07) is 0. The number of carbonyl (C=O) groups excluding carboxylic acids is 2. The first-order valence-corrected chi connectivity index (χ1v) is 7.58. The average Bonchev–Trinajstić information content (AvgIpc) is 2.33. The first-order valence-electron chi connectivity index (χ1n) is 7.58. The second-order valence-corrected chi connectivity index (χ2v) is 7.10. The van der Waals surface area contributed by atoms with Gasteiger partial charge in [-0.25, -0.2) is 0 Å². The van der Waals surface area contributed by atoms with Crippen LogP contribution in [-0.2, 0) is 9.59 Å². The lowest BCUT2D eigenvalue weighted by Gasteiger charge is -2.34. The van der Waals surface area contributed by atoms with Gasteiger partial charge in [-0.1, -0.05) is 27.7 Å². The minimum Gasteiger partial charge on any atom is -0.356 e. The van der Waals surface area contributed by atoms with Crippen LogP contribution in [0, 0.1) is 11.3 Å². The summed E-state index contributed by atoms with van der Waals surface area (Å²) in [6.45, 7) is 14.5. The fourth-order valence-electron chi connectivity index (χ4n) is 1.88. The topological polar surface area (TPSA) is 58.2 Å². The van der Waals surface area contributed by atoms with E-state index < -0.39 is 0 Å². The van der Waals surface area contributed by atoms with E-state index >= 15 is 0 Å². The third-order valence-corrected chi connectivity index (χ3v) is 3.96. The number of hydrogen-bond acceptors (Lipinski definition) is 2. The zero-order valence-corrected chi connectivity index (χ0v) is 14.2. The molecule has 0 aromatic heterocycles. The van der Waals surface area contributed by atoms with Crippen LogP contribution in [0.4, 0.5) is 0 Å². The van der Waals surface area contributed by atoms with Crippen molar-refractivity contribution in [1.82, 2.24) is 10.6 Å². The molecule has 0 spiro atoms.